The number of benzene rings is 1. The minimum atomic E-state index is -0.437. The van der Waals surface area contributed by atoms with Crippen molar-refractivity contribution in [3.63, 3.8) is 0 Å². The van der Waals surface area contributed by atoms with Crippen LogP contribution in [0.15, 0.2) is 35.3 Å². The van der Waals surface area contributed by atoms with Crippen LogP contribution in [0.4, 0.5) is 0 Å². The number of nitrogens with one attached hydrogen (secondary N) is 1. The molecule has 3 rings (SSSR count). The van der Waals surface area contributed by atoms with E-state index in [2.05, 4.69) is 34.2 Å². The van der Waals surface area contributed by atoms with E-state index in [1.165, 1.54) is 45.3 Å². The lowest BCUT2D eigenvalue weighted by Gasteiger charge is -2.29. The van der Waals surface area contributed by atoms with Gasteiger partial charge in [-0.3, -0.25) is 4.99 Å². The van der Waals surface area contributed by atoms with Crippen molar-refractivity contribution in [2.75, 3.05) is 45.8 Å². The van der Waals surface area contributed by atoms with Gasteiger partial charge in [0, 0.05) is 32.6 Å². The van der Waals surface area contributed by atoms with Gasteiger partial charge < -0.3 is 20.2 Å². The van der Waals surface area contributed by atoms with Gasteiger partial charge in [0.2, 0.25) is 0 Å². The fourth-order valence-electron chi connectivity index (χ4n) is 4.25. The molecule has 0 amide bonds. The summed E-state index contributed by atoms with van der Waals surface area (Å²) >= 11 is 0. The first kappa shape index (κ1) is 23.4. The highest BCUT2D eigenvalue weighted by Crippen LogP contribution is 2.20. The number of rotatable bonds is 7. The topological polar surface area (TPSA) is 51.1 Å². The van der Waals surface area contributed by atoms with Gasteiger partial charge in [0.25, 0.3) is 0 Å². The number of aliphatic hydroxyl groups excluding tert-OH is 1. The number of aliphatic imine (C=N–C) groups is 1. The van der Waals surface area contributed by atoms with Crippen LogP contribution in [0.2, 0.25) is 0 Å². The van der Waals surface area contributed by atoms with E-state index in [1.807, 2.05) is 18.2 Å². The van der Waals surface area contributed by atoms with Crippen molar-refractivity contribution in [2.24, 2.45) is 10.9 Å². The van der Waals surface area contributed by atoms with E-state index in [9.17, 15) is 5.11 Å². The van der Waals surface area contributed by atoms with Crippen LogP contribution in [0.1, 0.15) is 38.2 Å². The van der Waals surface area contributed by atoms with Crippen molar-refractivity contribution in [3.8, 4) is 0 Å². The number of piperidine rings is 1. The van der Waals surface area contributed by atoms with E-state index in [1.54, 1.807) is 0 Å². The fourth-order valence-corrected chi connectivity index (χ4v) is 4.25. The third-order valence-electron chi connectivity index (χ3n) is 5.65. The van der Waals surface area contributed by atoms with Gasteiger partial charge in [-0.05, 0) is 50.8 Å². The molecule has 0 aromatic heterocycles. The van der Waals surface area contributed by atoms with Crippen molar-refractivity contribution in [2.45, 2.75) is 45.1 Å². The molecular weight excluding hydrogens is 463 g/mol. The molecule has 2 fully saturated rings. The molecule has 2 N–H and O–H groups in total. The number of guanidine groups is 1. The van der Waals surface area contributed by atoms with Gasteiger partial charge in [-0.1, -0.05) is 36.8 Å². The summed E-state index contributed by atoms with van der Waals surface area (Å²) in [7, 11) is 0. The Labute approximate surface area is 187 Å². The van der Waals surface area contributed by atoms with Gasteiger partial charge >= 0.3 is 0 Å². The number of aliphatic hydroxyl groups is 1. The van der Waals surface area contributed by atoms with Gasteiger partial charge in [0.15, 0.2) is 5.96 Å². The van der Waals surface area contributed by atoms with Crippen molar-refractivity contribution in [1.82, 2.24) is 15.1 Å². The van der Waals surface area contributed by atoms with Crippen LogP contribution in [0.3, 0.4) is 0 Å². The molecule has 0 spiro atoms. The van der Waals surface area contributed by atoms with Crippen molar-refractivity contribution in [3.05, 3.63) is 35.9 Å². The summed E-state index contributed by atoms with van der Waals surface area (Å²) in [5, 5.41) is 13.8. The maximum absolute atomic E-state index is 10.4. The highest BCUT2D eigenvalue weighted by atomic mass is 127. The van der Waals surface area contributed by atoms with E-state index >= 15 is 0 Å². The Morgan fingerprint density at radius 2 is 1.93 bits per heavy atom. The Hall–Kier alpha value is -0.860. The average molecular weight is 500 g/mol. The molecule has 2 atom stereocenters. The first-order chi connectivity index (χ1) is 13.2. The zero-order valence-electron chi connectivity index (χ0n) is 17.2. The highest BCUT2D eigenvalue weighted by Gasteiger charge is 2.27. The second-order valence-electron chi connectivity index (χ2n) is 8.00. The molecule has 28 heavy (non-hydrogen) atoms. The molecule has 6 heteroatoms. The predicted molar refractivity (Wildman–Crippen MR) is 128 cm³/mol. The molecule has 2 aliphatic heterocycles. The van der Waals surface area contributed by atoms with E-state index in [0.717, 1.165) is 37.1 Å². The lowest BCUT2D eigenvalue weighted by Crippen LogP contribution is -2.41. The van der Waals surface area contributed by atoms with E-state index in [0.29, 0.717) is 13.0 Å². The third kappa shape index (κ3) is 7.52. The summed E-state index contributed by atoms with van der Waals surface area (Å²) in [5.74, 6) is 1.70. The Morgan fingerprint density at radius 3 is 2.64 bits per heavy atom. The molecule has 0 radical (unpaired) electrons. The highest BCUT2D eigenvalue weighted by molar-refractivity contribution is 14.0. The smallest absolute Gasteiger partial charge is 0.194 e. The third-order valence-corrected chi connectivity index (χ3v) is 5.65. The van der Waals surface area contributed by atoms with E-state index in [-0.39, 0.29) is 24.0 Å². The van der Waals surface area contributed by atoms with Crippen molar-refractivity contribution >= 4 is 29.9 Å². The summed E-state index contributed by atoms with van der Waals surface area (Å²) in [4.78, 5) is 9.77. The Morgan fingerprint density at radius 1 is 1.18 bits per heavy atom. The van der Waals surface area contributed by atoms with E-state index < -0.39 is 6.10 Å². The molecule has 5 nitrogen and oxygen atoms in total. The van der Waals surface area contributed by atoms with Crippen LogP contribution >= 0.6 is 24.0 Å². The van der Waals surface area contributed by atoms with Crippen molar-refractivity contribution in [1.29, 1.82) is 0 Å². The fraction of sp³-hybridized carbons (Fsp3) is 0.682. The predicted octanol–water partition coefficient (Wildman–Crippen LogP) is 2.98. The Kier molecular flexibility index (Phi) is 10.6. The summed E-state index contributed by atoms with van der Waals surface area (Å²) < 4.78 is 0. The second kappa shape index (κ2) is 12.6. The maximum atomic E-state index is 10.4. The molecule has 0 bridgehead atoms. The zero-order valence-corrected chi connectivity index (χ0v) is 19.6. The SMILES string of the molecule is CCNC(=NCC(O)Cc1ccccc1)N1CCC(CN2CCCCC2)C1.I. The number of hydrogen-bond acceptors (Lipinski definition) is 3. The van der Waals surface area contributed by atoms with Crippen LogP contribution in [0.25, 0.3) is 0 Å². The van der Waals surface area contributed by atoms with Gasteiger partial charge in [-0.2, -0.15) is 0 Å². The van der Waals surface area contributed by atoms with Crippen LogP contribution in [-0.4, -0.2) is 72.8 Å². The minimum Gasteiger partial charge on any atom is -0.391 e. The van der Waals surface area contributed by atoms with Crippen LogP contribution in [-0.2, 0) is 6.42 Å². The molecule has 158 valence electrons. The number of halogens is 1. The van der Waals surface area contributed by atoms with Gasteiger partial charge in [0.05, 0.1) is 12.6 Å². The number of likely N-dealkylation sites (tertiary alicyclic amines) is 2. The summed E-state index contributed by atoms with van der Waals surface area (Å²) in [6, 6.07) is 10.2. The zero-order chi connectivity index (χ0) is 18.9. The first-order valence-corrected chi connectivity index (χ1v) is 10.7. The minimum absolute atomic E-state index is 0. The van der Waals surface area contributed by atoms with Gasteiger partial charge in [-0.25, -0.2) is 0 Å². The average Bonchev–Trinajstić information content (AvgIpc) is 3.15. The lowest BCUT2D eigenvalue weighted by atomic mass is 10.1. The quantitative estimate of drug-likeness (QED) is 0.344. The van der Waals surface area contributed by atoms with Crippen LogP contribution in [0, 0.1) is 5.92 Å². The molecule has 2 unspecified atom stereocenters. The van der Waals surface area contributed by atoms with Gasteiger partial charge in [0.1, 0.15) is 0 Å². The molecule has 2 heterocycles. The molecule has 0 aliphatic carbocycles. The van der Waals surface area contributed by atoms with Crippen LogP contribution < -0.4 is 5.32 Å². The normalized spacial score (nSPS) is 22.0. The summed E-state index contributed by atoms with van der Waals surface area (Å²) in [6.07, 6.45) is 5.58. The van der Waals surface area contributed by atoms with Crippen molar-refractivity contribution < 1.29 is 5.11 Å². The lowest BCUT2D eigenvalue weighted by molar-refractivity contribution is 0.183. The Bertz CT molecular complexity index is 577. The van der Waals surface area contributed by atoms with E-state index in [4.69, 9.17) is 4.99 Å². The maximum Gasteiger partial charge on any atom is 0.194 e. The molecule has 2 aliphatic rings. The Balaban J connectivity index is 0.00000280. The number of hydrogen-bond donors (Lipinski definition) is 2. The van der Waals surface area contributed by atoms with Crippen LogP contribution in [0.5, 0.6) is 0 Å². The standard InChI is InChI=1S/C22H36N4O.HI/c1-2-23-22(24-16-21(27)15-19-9-5-3-6-10-19)26-14-11-20(18-26)17-25-12-7-4-8-13-25;/h3,5-6,9-10,20-21,27H,2,4,7-8,11-18H2,1H3,(H,23,24);1H. The first-order valence-electron chi connectivity index (χ1n) is 10.7. The molecule has 1 aromatic rings. The molecular formula is C22H37IN4O. The van der Waals surface area contributed by atoms with Gasteiger partial charge in [-0.15, -0.1) is 24.0 Å². The molecule has 2 saturated heterocycles. The molecule has 1 aromatic carbocycles. The summed E-state index contributed by atoms with van der Waals surface area (Å²) in [5.41, 5.74) is 1.16. The largest absolute Gasteiger partial charge is 0.391 e. The summed E-state index contributed by atoms with van der Waals surface area (Å²) in [6.45, 7) is 9.35. The number of nitrogens with zero attached hydrogens (tertiary/aromatic N) is 3. The molecule has 0 saturated carbocycles. The monoisotopic (exact) mass is 500 g/mol. The second-order valence-corrected chi connectivity index (χ2v) is 8.00.